The number of hydrogen-bond donors (Lipinski definition) is 1. The van der Waals surface area contributed by atoms with Crippen LogP contribution in [-0.2, 0) is 9.59 Å². The Kier molecular flexibility index (Phi) is 5.99. The molecule has 0 aromatic heterocycles. The lowest BCUT2D eigenvalue weighted by Gasteiger charge is -2.55. The summed E-state index contributed by atoms with van der Waals surface area (Å²) in [5.41, 5.74) is 3.25. The molecule has 6 nitrogen and oxygen atoms in total. The van der Waals surface area contributed by atoms with Gasteiger partial charge in [0.1, 0.15) is 6.61 Å². The number of hydrazine groups is 1. The third-order valence-electron chi connectivity index (χ3n) is 7.39. The minimum Gasteiger partial charge on any atom is -0.493 e. The van der Waals surface area contributed by atoms with Gasteiger partial charge in [0.25, 0.3) is 5.91 Å². The molecule has 1 heterocycles. The number of ether oxygens (including phenoxy) is 2. The maximum Gasteiger partial charge on any atom is 0.285 e. The number of carbonyl (C=O) groups is 2. The van der Waals surface area contributed by atoms with E-state index in [1.807, 2.05) is 12.1 Å². The van der Waals surface area contributed by atoms with Crippen LogP contribution in [0.3, 0.4) is 0 Å². The van der Waals surface area contributed by atoms with E-state index in [1.54, 1.807) is 25.3 Å². The van der Waals surface area contributed by atoms with E-state index >= 15 is 0 Å². The van der Waals surface area contributed by atoms with Crippen molar-refractivity contribution in [2.24, 2.45) is 23.2 Å². The molecule has 5 aliphatic rings. The average Bonchev–Trinajstić information content (AvgIpc) is 3.04. The van der Waals surface area contributed by atoms with Gasteiger partial charge >= 0.3 is 0 Å². The standard InChI is InChI=1S/C25H28N2O4S2/c1-3-7-31-21-18(5-4-6-19(21)30-2)11-20-22(28)27(24(32)33-20)26-23(29)25-12-15-8-16(13-25)10-17(9-15)14-25/h3-6,11,15-17H,1,7-10,12-14H2,2H3,(H,26,29)/b20-11-. The van der Waals surface area contributed by atoms with Gasteiger partial charge in [-0.3, -0.25) is 15.0 Å². The fourth-order valence-electron chi connectivity index (χ4n) is 6.42. The number of carbonyl (C=O) groups excluding carboxylic acids is 2. The third kappa shape index (κ3) is 4.08. The molecule has 4 aliphatic carbocycles. The van der Waals surface area contributed by atoms with Crippen LogP contribution in [0.5, 0.6) is 11.5 Å². The Labute approximate surface area is 203 Å². The van der Waals surface area contributed by atoms with E-state index in [-0.39, 0.29) is 17.2 Å². The summed E-state index contributed by atoms with van der Waals surface area (Å²) in [4.78, 5) is 27.1. The minimum absolute atomic E-state index is 0.0458. The number of thiocarbonyl (C=S) groups is 1. The zero-order chi connectivity index (χ0) is 23.2. The van der Waals surface area contributed by atoms with Crippen LogP contribution in [-0.4, -0.2) is 34.9 Å². The van der Waals surface area contributed by atoms with Gasteiger partial charge < -0.3 is 9.47 Å². The van der Waals surface area contributed by atoms with Crippen LogP contribution in [0.1, 0.15) is 44.1 Å². The molecule has 1 aromatic carbocycles. The Hall–Kier alpha value is -2.32. The van der Waals surface area contributed by atoms with Gasteiger partial charge in [-0.2, -0.15) is 5.01 Å². The third-order valence-corrected chi connectivity index (χ3v) is 8.69. The summed E-state index contributed by atoms with van der Waals surface area (Å²) in [6.07, 6.45) is 9.95. The van der Waals surface area contributed by atoms with E-state index in [0.29, 0.717) is 50.6 Å². The van der Waals surface area contributed by atoms with E-state index in [1.165, 1.54) is 36.0 Å². The second-order valence-corrected chi connectivity index (χ2v) is 11.3. The van der Waals surface area contributed by atoms with Gasteiger partial charge in [0, 0.05) is 5.56 Å². The lowest BCUT2D eigenvalue weighted by Crippen LogP contribution is -2.57. The highest BCUT2D eigenvalue weighted by Gasteiger charge is 2.55. The molecule has 8 heteroatoms. The number of thioether (sulfide) groups is 1. The SMILES string of the molecule is C=CCOc1c(/C=C2\SC(=S)N(NC(=O)C34CC5CC(CC(C5)C3)C4)C2=O)cccc1OC. The van der Waals surface area contributed by atoms with Crippen LogP contribution in [0.25, 0.3) is 6.08 Å². The van der Waals surface area contributed by atoms with Crippen LogP contribution in [0, 0.1) is 23.2 Å². The summed E-state index contributed by atoms with van der Waals surface area (Å²) < 4.78 is 11.5. The Morgan fingerprint density at radius 1 is 1.27 bits per heavy atom. The van der Waals surface area contributed by atoms with Crippen LogP contribution in [0.2, 0.25) is 0 Å². The lowest BCUT2D eigenvalue weighted by molar-refractivity contribution is -0.152. The Morgan fingerprint density at radius 2 is 1.94 bits per heavy atom. The second-order valence-electron chi connectivity index (χ2n) is 9.63. The number of hydrogen-bond acceptors (Lipinski definition) is 6. The molecule has 0 spiro atoms. The monoisotopic (exact) mass is 484 g/mol. The molecular weight excluding hydrogens is 456 g/mol. The number of benzene rings is 1. The number of para-hydroxylation sites is 1. The van der Waals surface area contributed by atoms with Gasteiger partial charge in [0.05, 0.1) is 17.4 Å². The molecule has 0 unspecified atom stereocenters. The summed E-state index contributed by atoms with van der Waals surface area (Å²) in [5.74, 6) is 2.68. The first-order valence-corrected chi connectivity index (χ1v) is 12.6. The smallest absolute Gasteiger partial charge is 0.285 e. The largest absolute Gasteiger partial charge is 0.493 e. The van der Waals surface area contributed by atoms with E-state index < -0.39 is 0 Å². The van der Waals surface area contributed by atoms with Crippen molar-refractivity contribution in [3.63, 3.8) is 0 Å². The Balaban J connectivity index is 1.35. The van der Waals surface area contributed by atoms with Crippen molar-refractivity contribution >= 4 is 46.2 Å². The molecule has 1 aliphatic heterocycles. The van der Waals surface area contributed by atoms with Gasteiger partial charge in [0.15, 0.2) is 15.8 Å². The quantitative estimate of drug-likeness (QED) is 0.344. The van der Waals surface area contributed by atoms with E-state index in [0.717, 1.165) is 19.3 Å². The number of nitrogens with zero attached hydrogens (tertiary/aromatic N) is 1. The number of nitrogens with one attached hydrogen (secondary N) is 1. The molecule has 174 valence electrons. The van der Waals surface area contributed by atoms with Crippen LogP contribution >= 0.6 is 24.0 Å². The van der Waals surface area contributed by atoms with Gasteiger partial charge in [-0.05, 0) is 80.6 Å². The minimum atomic E-state index is -0.347. The lowest BCUT2D eigenvalue weighted by atomic mass is 9.49. The number of methoxy groups -OCH3 is 1. The molecule has 4 bridgehead atoms. The zero-order valence-corrected chi connectivity index (χ0v) is 20.3. The highest BCUT2D eigenvalue weighted by molar-refractivity contribution is 8.26. The average molecular weight is 485 g/mol. The van der Waals surface area contributed by atoms with Gasteiger partial charge in [-0.25, -0.2) is 0 Å². The van der Waals surface area contributed by atoms with Gasteiger partial charge in [-0.15, -0.1) is 0 Å². The number of amides is 2. The fourth-order valence-corrected chi connectivity index (χ4v) is 7.59. The molecule has 2 amide bonds. The van der Waals surface area contributed by atoms with Crippen molar-refractivity contribution in [1.82, 2.24) is 10.4 Å². The molecule has 33 heavy (non-hydrogen) atoms. The van der Waals surface area contributed by atoms with Crippen molar-refractivity contribution in [1.29, 1.82) is 0 Å². The van der Waals surface area contributed by atoms with Crippen molar-refractivity contribution < 1.29 is 19.1 Å². The molecule has 6 rings (SSSR count). The summed E-state index contributed by atoms with van der Waals surface area (Å²) in [6, 6.07) is 5.48. The van der Waals surface area contributed by atoms with Crippen molar-refractivity contribution in [3.8, 4) is 11.5 Å². The van der Waals surface area contributed by atoms with Crippen molar-refractivity contribution in [3.05, 3.63) is 41.3 Å². The van der Waals surface area contributed by atoms with Crippen LogP contribution < -0.4 is 14.9 Å². The second kappa shape index (κ2) is 8.80. The molecule has 1 saturated heterocycles. The summed E-state index contributed by atoms with van der Waals surface area (Å²) in [7, 11) is 1.57. The predicted octanol–water partition coefficient (Wildman–Crippen LogP) is 4.71. The Morgan fingerprint density at radius 3 is 2.55 bits per heavy atom. The maximum atomic E-state index is 13.4. The molecule has 0 atom stereocenters. The summed E-state index contributed by atoms with van der Waals surface area (Å²) in [5, 5.41) is 1.25. The van der Waals surface area contributed by atoms with E-state index in [9.17, 15) is 9.59 Å². The van der Waals surface area contributed by atoms with E-state index in [4.69, 9.17) is 21.7 Å². The summed E-state index contributed by atoms with van der Waals surface area (Å²) >= 11 is 6.65. The van der Waals surface area contributed by atoms with Gasteiger partial charge in [0.2, 0.25) is 5.91 Å². The van der Waals surface area contributed by atoms with Gasteiger partial charge in [-0.1, -0.05) is 36.5 Å². The topological polar surface area (TPSA) is 67.9 Å². The first-order valence-electron chi connectivity index (χ1n) is 11.4. The molecule has 1 aromatic rings. The van der Waals surface area contributed by atoms with Crippen molar-refractivity contribution in [2.45, 2.75) is 38.5 Å². The first-order chi connectivity index (χ1) is 15.9. The molecule has 1 N–H and O–H groups in total. The molecule has 0 radical (unpaired) electrons. The Bertz CT molecular complexity index is 1020. The van der Waals surface area contributed by atoms with E-state index in [2.05, 4.69) is 12.0 Å². The predicted molar refractivity (Wildman–Crippen MR) is 132 cm³/mol. The highest BCUT2D eigenvalue weighted by Crippen LogP contribution is 2.60. The first kappa shape index (κ1) is 22.5. The normalized spacial score (nSPS) is 31.2. The number of rotatable bonds is 7. The molecular formula is C25H28N2O4S2. The highest BCUT2D eigenvalue weighted by atomic mass is 32.2. The fraction of sp³-hybridized carbons (Fsp3) is 0.480. The summed E-state index contributed by atoms with van der Waals surface area (Å²) in [6.45, 7) is 4.00. The zero-order valence-electron chi connectivity index (χ0n) is 18.7. The van der Waals surface area contributed by atoms with Crippen LogP contribution in [0.15, 0.2) is 35.8 Å². The maximum absolute atomic E-state index is 13.4. The molecule has 4 saturated carbocycles. The van der Waals surface area contributed by atoms with Crippen LogP contribution in [0.4, 0.5) is 0 Å². The molecule has 5 fully saturated rings. The van der Waals surface area contributed by atoms with Crippen molar-refractivity contribution in [2.75, 3.05) is 13.7 Å².